The van der Waals surface area contributed by atoms with Crippen molar-refractivity contribution in [3.63, 3.8) is 0 Å². The van der Waals surface area contributed by atoms with E-state index in [-0.39, 0.29) is 0 Å². The molecule has 0 aliphatic rings. The van der Waals surface area contributed by atoms with Gasteiger partial charge in [-0.25, -0.2) is 0 Å². The second kappa shape index (κ2) is 6.96. The molecule has 20 heavy (non-hydrogen) atoms. The minimum absolute atomic E-state index is 0.300. The lowest BCUT2D eigenvalue weighted by Crippen LogP contribution is -2.17. The Hall–Kier alpha value is -2.00. The lowest BCUT2D eigenvalue weighted by molar-refractivity contribution is 0.410. The molecular weight excluding hydrogens is 250 g/mol. The fraction of sp³-hybridized carbons (Fsp3) is 0.294. The van der Waals surface area contributed by atoms with E-state index in [4.69, 9.17) is 4.74 Å². The predicted molar refractivity (Wildman–Crippen MR) is 81.2 cm³/mol. The van der Waals surface area contributed by atoms with Crippen molar-refractivity contribution in [2.45, 2.75) is 19.9 Å². The number of benzene rings is 2. The van der Waals surface area contributed by atoms with Crippen molar-refractivity contribution in [2.24, 2.45) is 0 Å². The van der Waals surface area contributed by atoms with Crippen LogP contribution in [-0.4, -0.2) is 18.8 Å². The predicted octanol–water partition coefficient (Wildman–Crippen LogP) is 3.04. The number of aryl methyl sites for hydroxylation is 1. The van der Waals surface area contributed by atoms with Gasteiger partial charge >= 0.3 is 0 Å². The number of ether oxygens (including phenoxy) is 1. The van der Waals surface area contributed by atoms with Crippen molar-refractivity contribution in [1.82, 2.24) is 5.32 Å². The van der Waals surface area contributed by atoms with Crippen LogP contribution >= 0.6 is 0 Å². The first-order valence-corrected chi connectivity index (χ1v) is 6.82. The Labute approximate surface area is 120 Å². The number of rotatable bonds is 6. The molecule has 2 aromatic carbocycles. The zero-order valence-corrected chi connectivity index (χ0v) is 12.0. The molecular formula is C17H21NO2. The van der Waals surface area contributed by atoms with Crippen molar-refractivity contribution in [3.05, 3.63) is 59.2 Å². The highest BCUT2D eigenvalue weighted by Crippen LogP contribution is 2.22. The van der Waals surface area contributed by atoms with Crippen LogP contribution in [0.2, 0.25) is 0 Å². The van der Waals surface area contributed by atoms with Gasteiger partial charge in [0.05, 0.1) is 7.11 Å². The summed E-state index contributed by atoms with van der Waals surface area (Å²) in [5.41, 5.74) is 3.53. The van der Waals surface area contributed by atoms with E-state index in [1.165, 1.54) is 11.1 Å². The molecule has 0 amide bonds. The smallest absolute Gasteiger partial charge is 0.120 e. The highest BCUT2D eigenvalue weighted by atomic mass is 16.5. The summed E-state index contributed by atoms with van der Waals surface area (Å²) in [6.07, 6.45) is 0.984. The van der Waals surface area contributed by atoms with Gasteiger partial charge in [-0.2, -0.15) is 0 Å². The maximum absolute atomic E-state index is 9.80. The van der Waals surface area contributed by atoms with Crippen molar-refractivity contribution < 1.29 is 9.84 Å². The maximum Gasteiger partial charge on any atom is 0.120 e. The van der Waals surface area contributed by atoms with Gasteiger partial charge in [0.15, 0.2) is 0 Å². The number of hydrogen-bond donors (Lipinski definition) is 2. The molecule has 0 saturated carbocycles. The summed E-state index contributed by atoms with van der Waals surface area (Å²) < 4.78 is 5.16. The van der Waals surface area contributed by atoms with E-state index < -0.39 is 0 Å². The lowest BCUT2D eigenvalue weighted by Gasteiger charge is -2.09. The van der Waals surface area contributed by atoms with Gasteiger partial charge in [-0.1, -0.05) is 24.3 Å². The van der Waals surface area contributed by atoms with E-state index in [0.717, 1.165) is 24.3 Å². The molecule has 0 spiro atoms. The average molecular weight is 271 g/mol. The van der Waals surface area contributed by atoms with Crippen LogP contribution in [0.5, 0.6) is 11.5 Å². The highest BCUT2D eigenvalue weighted by molar-refractivity contribution is 5.39. The molecule has 2 rings (SSSR count). The first kappa shape index (κ1) is 14.4. The molecule has 0 radical (unpaired) electrons. The number of aromatic hydroxyl groups is 1. The van der Waals surface area contributed by atoms with Crippen LogP contribution in [0, 0.1) is 6.92 Å². The molecule has 0 bridgehead atoms. The Morgan fingerprint density at radius 1 is 1.10 bits per heavy atom. The Bertz CT molecular complexity index is 567. The monoisotopic (exact) mass is 271 g/mol. The van der Waals surface area contributed by atoms with Crippen LogP contribution in [0.4, 0.5) is 0 Å². The number of phenols is 1. The van der Waals surface area contributed by atoms with Gasteiger partial charge in [0.25, 0.3) is 0 Å². The lowest BCUT2D eigenvalue weighted by atomic mass is 10.1. The second-order valence-electron chi connectivity index (χ2n) is 4.85. The molecule has 0 aliphatic heterocycles. The molecule has 3 heteroatoms. The molecule has 3 nitrogen and oxygen atoms in total. The summed E-state index contributed by atoms with van der Waals surface area (Å²) in [4.78, 5) is 0. The Morgan fingerprint density at radius 2 is 1.90 bits per heavy atom. The summed E-state index contributed by atoms with van der Waals surface area (Å²) in [5, 5.41) is 13.1. The Kier molecular flexibility index (Phi) is 5.02. The molecule has 0 aromatic heterocycles. The third kappa shape index (κ3) is 3.75. The zero-order valence-electron chi connectivity index (χ0n) is 12.0. The zero-order chi connectivity index (χ0) is 14.4. The first-order valence-electron chi connectivity index (χ1n) is 6.82. The molecule has 0 fully saturated rings. The highest BCUT2D eigenvalue weighted by Gasteiger charge is 2.03. The van der Waals surface area contributed by atoms with E-state index in [9.17, 15) is 5.11 Å². The van der Waals surface area contributed by atoms with Gasteiger partial charge in [0, 0.05) is 12.1 Å². The van der Waals surface area contributed by atoms with Gasteiger partial charge in [0.2, 0.25) is 0 Å². The molecule has 0 saturated heterocycles. The standard InChI is InChI=1S/C17H21NO2/c1-13-5-3-4-6-14(13)9-10-18-12-15-11-16(20-2)7-8-17(15)19/h3-8,11,18-19H,9-10,12H2,1-2H3. The third-order valence-electron chi connectivity index (χ3n) is 3.43. The van der Waals surface area contributed by atoms with Gasteiger partial charge in [-0.3, -0.25) is 0 Å². The topological polar surface area (TPSA) is 41.5 Å². The number of phenolic OH excluding ortho intramolecular Hbond substituents is 1. The van der Waals surface area contributed by atoms with Gasteiger partial charge in [-0.05, 0) is 49.2 Å². The van der Waals surface area contributed by atoms with Crippen molar-refractivity contribution in [1.29, 1.82) is 0 Å². The van der Waals surface area contributed by atoms with Crippen molar-refractivity contribution in [2.75, 3.05) is 13.7 Å². The number of methoxy groups -OCH3 is 1. The van der Waals surface area contributed by atoms with Crippen LogP contribution in [0.1, 0.15) is 16.7 Å². The minimum Gasteiger partial charge on any atom is -0.508 e. The summed E-state index contributed by atoms with van der Waals surface area (Å²) in [6.45, 7) is 3.64. The molecule has 0 aliphatic carbocycles. The van der Waals surface area contributed by atoms with E-state index >= 15 is 0 Å². The van der Waals surface area contributed by atoms with Crippen LogP contribution < -0.4 is 10.1 Å². The normalized spacial score (nSPS) is 10.5. The first-order chi connectivity index (χ1) is 9.70. The van der Waals surface area contributed by atoms with Gasteiger partial charge < -0.3 is 15.2 Å². The molecule has 0 unspecified atom stereocenters. The van der Waals surface area contributed by atoms with E-state index in [2.05, 4.69) is 36.5 Å². The van der Waals surface area contributed by atoms with Crippen LogP contribution in [0.15, 0.2) is 42.5 Å². The van der Waals surface area contributed by atoms with Crippen LogP contribution in [0.3, 0.4) is 0 Å². The molecule has 0 atom stereocenters. The van der Waals surface area contributed by atoms with Crippen LogP contribution in [-0.2, 0) is 13.0 Å². The molecule has 106 valence electrons. The van der Waals surface area contributed by atoms with Gasteiger partial charge in [-0.15, -0.1) is 0 Å². The quantitative estimate of drug-likeness (QED) is 0.793. The largest absolute Gasteiger partial charge is 0.508 e. The summed E-state index contributed by atoms with van der Waals surface area (Å²) in [7, 11) is 1.63. The Morgan fingerprint density at radius 3 is 2.65 bits per heavy atom. The van der Waals surface area contributed by atoms with E-state index in [0.29, 0.717) is 12.3 Å². The Balaban J connectivity index is 1.86. The summed E-state index contributed by atoms with van der Waals surface area (Å²) in [5.74, 6) is 1.06. The fourth-order valence-corrected chi connectivity index (χ4v) is 2.17. The maximum atomic E-state index is 9.80. The van der Waals surface area contributed by atoms with Crippen molar-refractivity contribution >= 4 is 0 Å². The van der Waals surface area contributed by atoms with Crippen molar-refractivity contribution in [3.8, 4) is 11.5 Å². The number of hydrogen-bond acceptors (Lipinski definition) is 3. The average Bonchev–Trinajstić information content (AvgIpc) is 2.47. The van der Waals surface area contributed by atoms with E-state index in [1.54, 1.807) is 19.2 Å². The third-order valence-corrected chi connectivity index (χ3v) is 3.43. The second-order valence-corrected chi connectivity index (χ2v) is 4.85. The fourth-order valence-electron chi connectivity index (χ4n) is 2.17. The SMILES string of the molecule is COc1ccc(O)c(CNCCc2ccccc2C)c1. The number of nitrogens with one attached hydrogen (secondary N) is 1. The minimum atomic E-state index is 0.300. The summed E-state index contributed by atoms with van der Waals surface area (Å²) in [6, 6.07) is 13.7. The molecule has 0 heterocycles. The van der Waals surface area contributed by atoms with Gasteiger partial charge in [0.1, 0.15) is 11.5 Å². The summed E-state index contributed by atoms with van der Waals surface area (Å²) >= 11 is 0. The molecule has 2 aromatic rings. The van der Waals surface area contributed by atoms with Crippen LogP contribution in [0.25, 0.3) is 0 Å². The molecule has 2 N–H and O–H groups in total. The van der Waals surface area contributed by atoms with E-state index in [1.807, 2.05) is 6.07 Å².